The lowest BCUT2D eigenvalue weighted by Crippen LogP contribution is -2.41. The van der Waals surface area contributed by atoms with Crippen LogP contribution >= 0.6 is 23.2 Å². The summed E-state index contributed by atoms with van der Waals surface area (Å²) in [6, 6.07) is 8.72. The molecule has 0 aliphatic heterocycles. The average molecular weight is 385 g/mol. The van der Waals surface area contributed by atoms with Crippen LogP contribution in [0.5, 0.6) is 5.75 Å². The molecule has 7 heteroatoms. The third-order valence-corrected chi connectivity index (χ3v) is 4.56. The van der Waals surface area contributed by atoms with Gasteiger partial charge in [0.15, 0.2) is 0 Å². The number of amides is 1. The van der Waals surface area contributed by atoms with E-state index < -0.39 is 5.82 Å². The zero-order valence-corrected chi connectivity index (χ0v) is 15.4. The molecule has 2 rings (SSSR count). The molecule has 2 aromatic rings. The fraction of sp³-hybridized carbons (Fsp3) is 0.278. The summed E-state index contributed by atoms with van der Waals surface area (Å²) in [6.45, 7) is 0.354. The number of nitrogens with zero attached hydrogens (tertiary/aromatic N) is 1. The molecule has 2 aromatic carbocycles. The number of carbonyl (C=O) groups excluding carboxylic acids is 1. The molecular formula is C18H19Cl2FN2O2. The van der Waals surface area contributed by atoms with Crippen LogP contribution in [-0.2, 0) is 6.42 Å². The predicted molar refractivity (Wildman–Crippen MR) is 98.0 cm³/mol. The van der Waals surface area contributed by atoms with Gasteiger partial charge in [-0.1, -0.05) is 29.3 Å². The van der Waals surface area contributed by atoms with Gasteiger partial charge in [0.1, 0.15) is 11.6 Å². The Morgan fingerprint density at radius 2 is 1.92 bits per heavy atom. The zero-order chi connectivity index (χ0) is 18.6. The first-order valence-corrected chi connectivity index (χ1v) is 8.40. The van der Waals surface area contributed by atoms with Gasteiger partial charge >= 0.3 is 0 Å². The first kappa shape index (κ1) is 19.5. The van der Waals surface area contributed by atoms with Crippen LogP contribution in [0.25, 0.3) is 0 Å². The van der Waals surface area contributed by atoms with E-state index in [0.29, 0.717) is 18.0 Å². The number of phenols is 1. The maximum absolute atomic E-state index is 13.5. The predicted octanol–water partition coefficient (Wildman–Crippen LogP) is 3.74. The van der Waals surface area contributed by atoms with E-state index in [-0.39, 0.29) is 28.3 Å². The molecule has 0 heterocycles. The van der Waals surface area contributed by atoms with Crippen molar-refractivity contribution in [1.29, 1.82) is 0 Å². The average Bonchev–Trinajstić information content (AvgIpc) is 2.55. The van der Waals surface area contributed by atoms with Crippen molar-refractivity contribution in [2.24, 2.45) is 0 Å². The highest BCUT2D eigenvalue weighted by atomic mass is 35.5. The summed E-state index contributed by atoms with van der Waals surface area (Å²) in [6.07, 6.45) is 0.585. The summed E-state index contributed by atoms with van der Waals surface area (Å²) in [5, 5.41) is 12.7. The van der Waals surface area contributed by atoms with E-state index in [9.17, 15) is 14.3 Å². The van der Waals surface area contributed by atoms with Gasteiger partial charge < -0.3 is 15.3 Å². The van der Waals surface area contributed by atoms with E-state index in [2.05, 4.69) is 5.32 Å². The molecule has 1 atom stereocenters. The summed E-state index contributed by atoms with van der Waals surface area (Å²) in [4.78, 5) is 14.2. The Labute approximate surface area is 156 Å². The van der Waals surface area contributed by atoms with Crippen LogP contribution in [-0.4, -0.2) is 42.6 Å². The molecule has 25 heavy (non-hydrogen) atoms. The Kier molecular flexibility index (Phi) is 6.64. The molecule has 0 aromatic heterocycles. The number of hydrogen-bond acceptors (Lipinski definition) is 3. The third kappa shape index (κ3) is 5.33. The molecule has 0 saturated carbocycles. The van der Waals surface area contributed by atoms with Gasteiger partial charge in [-0.25, -0.2) is 4.39 Å². The minimum Gasteiger partial charge on any atom is -0.508 e. The van der Waals surface area contributed by atoms with Crippen LogP contribution in [0.1, 0.15) is 15.9 Å². The van der Waals surface area contributed by atoms with E-state index in [1.165, 1.54) is 18.2 Å². The summed E-state index contributed by atoms with van der Waals surface area (Å²) < 4.78 is 13.5. The second kappa shape index (κ2) is 8.52. The summed E-state index contributed by atoms with van der Waals surface area (Å²) in [7, 11) is 3.79. The number of phenolic OH excluding ortho intramolecular Hbond substituents is 1. The van der Waals surface area contributed by atoms with Crippen LogP contribution in [0.4, 0.5) is 4.39 Å². The van der Waals surface area contributed by atoms with E-state index in [0.717, 1.165) is 11.6 Å². The van der Waals surface area contributed by atoms with E-state index in [4.69, 9.17) is 23.2 Å². The van der Waals surface area contributed by atoms with Crippen LogP contribution in [0.3, 0.4) is 0 Å². The number of rotatable bonds is 6. The number of benzene rings is 2. The van der Waals surface area contributed by atoms with Gasteiger partial charge in [-0.05, 0) is 56.4 Å². The number of likely N-dealkylation sites (N-methyl/N-ethyl adjacent to an activating group) is 1. The Balaban J connectivity index is 2.03. The lowest BCUT2D eigenvalue weighted by Gasteiger charge is -2.25. The quantitative estimate of drug-likeness (QED) is 0.797. The van der Waals surface area contributed by atoms with E-state index in [1.54, 1.807) is 12.1 Å². The highest BCUT2D eigenvalue weighted by Crippen LogP contribution is 2.23. The molecule has 0 radical (unpaired) electrons. The SMILES string of the molecule is CN(C)C(CNC(=O)c1ccc(Cl)c(F)c1)Cc1ccc(O)cc1Cl. The molecule has 0 bridgehead atoms. The van der Waals surface area contributed by atoms with Gasteiger partial charge in [0, 0.05) is 23.2 Å². The Morgan fingerprint density at radius 1 is 1.20 bits per heavy atom. The van der Waals surface area contributed by atoms with Crippen LogP contribution in [0.15, 0.2) is 36.4 Å². The molecular weight excluding hydrogens is 366 g/mol. The van der Waals surface area contributed by atoms with Crippen molar-refractivity contribution in [2.45, 2.75) is 12.5 Å². The highest BCUT2D eigenvalue weighted by molar-refractivity contribution is 6.31. The van der Waals surface area contributed by atoms with Crippen molar-refractivity contribution >= 4 is 29.1 Å². The minimum absolute atomic E-state index is 0.0234. The fourth-order valence-electron chi connectivity index (χ4n) is 2.34. The van der Waals surface area contributed by atoms with Crippen LogP contribution in [0.2, 0.25) is 10.0 Å². The summed E-state index contributed by atoms with van der Waals surface area (Å²) in [5.41, 5.74) is 1.08. The lowest BCUT2D eigenvalue weighted by atomic mass is 10.0. The summed E-state index contributed by atoms with van der Waals surface area (Å²) >= 11 is 11.8. The zero-order valence-electron chi connectivity index (χ0n) is 13.9. The minimum atomic E-state index is -0.630. The topological polar surface area (TPSA) is 52.6 Å². The van der Waals surface area contributed by atoms with Crippen molar-refractivity contribution < 1.29 is 14.3 Å². The van der Waals surface area contributed by atoms with Gasteiger partial charge in [-0.2, -0.15) is 0 Å². The van der Waals surface area contributed by atoms with E-state index in [1.807, 2.05) is 19.0 Å². The smallest absolute Gasteiger partial charge is 0.251 e. The van der Waals surface area contributed by atoms with Crippen molar-refractivity contribution in [3.8, 4) is 5.75 Å². The molecule has 1 unspecified atom stereocenters. The standard InChI is InChI=1S/C18H19Cl2FN2O2/c1-23(2)13(7-11-3-5-14(24)9-16(11)20)10-22-18(25)12-4-6-15(19)17(21)8-12/h3-6,8-9,13,24H,7,10H2,1-2H3,(H,22,25). The molecule has 0 spiro atoms. The fourth-order valence-corrected chi connectivity index (χ4v) is 2.71. The number of carbonyl (C=O) groups is 1. The summed E-state index contributed by atoms with van der Waals surface area (Å²) in [5.74, 6) is -0.901. The number of halogens is 3. The Bertz CT molecular complexity index is 769. The molecule has 134 valence electrons. The molecule has 2 N–H and O–H groups in total. The van der Waals surface area contributed by atoms with Gasteiger partial charge in [-0.15, -0.1) is 0 Å². The van der Waals surface area contributed by atoms with Gasteiger partial charge in [0.25, 0.3) is 5.91 Å². The van der Waals surface area contributed by atoms with Crippen molar-refractivity contribution in [1.82, 2.24) is 10.2 Å². The number of aromatic hydroxyl groups is 1. The number of nitrogens with one attached hydrogen (secondary N) is 1. The van der Waals surface area contributed by atoms with Gasteiger partial charge in [-0.3, -0.25) is 4.79 Å². The second-order valence-electron chi connectivity index (χ2n) is 5.94. The third-order valence-electron chi connectivity index (χ3n) is 3.90. The molecule has 4 nitrogen and oxygen atoms in total. The largest absolute Gasteiger partial charge is 0.508 e. The maximum Gasteiger partial charge on any atom is 0.251 e. The maximum atomic E-state index is 13.5. The molecule has 0 fully saturated rings. The number of hydrogen-bond donors (Lipinski definition) is 2. The first-order chi connectivity index (χ1) is 11.8. The van der Waals surface area contributed by atoms with Crippen molar-refractivity contribution in [3.05, 3.63) is 63.4 Å². The van der Waals surface area contributed by atoms with Crippen LogP contribution < -0.4 is 5.32 Å². The monoisotopic (exact) mass is 384 g/mol. The Hall–Kier alpha value is -1.82. The lowest BCUT2D eigenvalue weighted by molar-refractivity contribution is 0.0941. The second-order valence-corrected chi connectivity index (χ2v) is 6.75. The highest BCUT2D eigenvalue weighted by Gasteiger charge is 2.17. The van der Waals surface area contributed by atoms with Crippen LogP contribution in [0, 0.1) is 5.82 Å². The molecule has 0 aliphatic carbocycles. The van der Waals surface area contributed by atoms with Gasteiger partial charge in [0.2, 0.25) is 0 Å². The van der Waals surface area contributed by atoms with Gasteiger partial charge in [0.05, 0.1) is 5.02 Å². The molecule has 0 aliphatic rings. The molecule has 0 saturated heterocycles. The normalized spacial score (nSPS) is 12.2. The molecule has 1 amide bonds. The van der Waals surface area contributed by atoms with Crippen molar-refractivity contribution in [3.63, 3.8) is 0 Å². The van der Waals surface area contributed by atoms with E-state index >= 15 is 0 Å². The van der Waals surface area contributed by atoms with Crippen molar-refractivity contribution in [2.75, 3.05) is 20.6 Å². The Morgan fingerprint density at radius 3 is 2.52 bits per heavy atom. The first-order valence-electron chi connectivity index (χ1n) is 7.65.